The van der Waals surface area contributed by atoms with Crippen molar-refractivity contribution in [2.75, 3.05) is 24.7 Å². The van der Waals surface area contributed by atoms with E-state index >= 15 is 0 Å². The maximum atomic E-state index is 11.7. The minimum absolute atomic E-state index is 0.0745. The summed E-state index contributed by atoms with van der Waals surface area (Å²) < 4.78 is 0. The quantitative estimate of drug-likeness (QED) is 0.482. The maximum Gasteiger partial charge on any atom is 0.240 e. The Morgan fingerprint density at radius 1 is 1.13 bits per heavy atom. The van der Waals surface area contributed by atoms with Crippen LogP contribution in [0.15, 0.2) is 64.6 Å². The SMILES string of the molecule is CN(C)c1ccc(/C=N\NC(=O)CCSc2ccccc2)cc1. The van der Waals surface area contributed by atoms with E-state index < -0.39 is 0 Å². The first-order valence-electron chi connectivity index (χ1n) is 7.42. The molecule has 23 heavy (non-hydrogen) atoms. The third-order valence-electron chi connectivity index (χ3n) is 3.15. The first-order chi connectivity index (χ1) is 11.1. The van der Waals surface area contributed by atoms with Crippen molar-refractivity contribution in [2.45, 2.75) is 11.3 Å². The molecule has 0 radical (unpaired) electrons. The summed E-state index contributed by atoms with van der Waals surface area (Å²) >= 11 is 1.67. The number of carbonyl (C=O) groups is 1. The second-order valence-electron chi connectivity index (χ2n) is 5.19. The third kappa shape index (κ3) is 6.16. The van der Waals surface area contributed by atoms with Crippen molar-refractivity contribution in [3.8, 4) is 0 Å². The van der Waals surface area contributed by atoms with Crippen molar-refractivity contribution in [2.24, 2.45) is 5.10 Å². The summed E-state index contributed by atoms with van der Waals surface area (Å²) in [5.74, 6) is 0.665. The Labute approximate surface area is 141 Å². The highest BCUT2D eigenvalue weighted by atomic mass is 32.2. The van der Waals surface area contributed by atoms with Gasteiger partial charge in [0.25, 0.3) is 0 Å². The first kappa shape index (κ1) is 17.1. The molecule has 2 aromatic carbocycles. The molecule has 1 amide bonds. The molecule has 4 nitrogen and oxygen atoms in total. The summed E-state index contributed by atoms with van der Waals surface area (Å²) in [5.41, 5.74) is 4.64. The fourth-order valence-corrected chi connectivity index (χ4v) is 2.74. The van der Waals surface area contributed by atoms with Crippen LogP contribution in [0, 0.1) is 0 Å². The van der Waals surface area contributed by atoms with Crippen LogP contribution in [0.4, 0.5) is 5.69 Å². The molecule has 2 aromatic rings. The molecular formula is C18H21N3OS. The van der Waals surface area contributed by atoms with E-state index in [9.17, 15) is 4.79 Å². The predicted molar refractivity (Wildman–Crippen MR) is 98.3 cm³/mol. The molecule has 0 aliphatic carbocycles. The fourth-order valence-electron chi connectivity index (χ4n) is 1.87. The summed E-state index contributed by atoms with van der Waals surface area (Å²) in [6.07, 6.45) is 2.10. The number of nitrogens with zero attached hydrogens (tertiary/aromatic N) is 2. The van der Waals surface area contributed by atoms with Crippen LogP contribution in [-0.4, -0.2) is 32.0 Å². The Morgan fingerprint density at radius 3 is 2.48 bits per heavy atom. The van der Waals surface area contributed by atoms with Gasteiger partial charge in [-0.1, -0.05) is 30.3 Å². The van der Waals surface area contributed by atoms with Gasteiger partial charge in [0.2, 0.25) is 5.91 Å². The molecule has 0 unspecified atom stereocenters. The first-order valence-corrected chi connectivity index (χ1v) is 8.41. The number of anilines is 1. The maximum absolute atomic E-state index is 11.7. The van der Waals surface area contributed by atoms with Crippen molar-refractivity contribution in [1.29, 1.82) is 0 Å². The van der Waals surface area contributed by atoms with Gasteiger partial charge in [0.1, 0.15) is 0 Å². The second-order valence-corrected chi connectivity index (χ2v) is 6.36. The summed E-state index contributed by atoms with van der Waals surface area (Å²) in [6.45, 7) is 0. The van der Waals surface area contributed by atoms with Crippen molar-refractivity contribution < 1.29 is 4.79 Å². The van der Waals surface area contributed by atoms with Crippen LogP contribution in [0.25, 0.3) is 0 Å². The summed E-state index contributed by atoms with van der Waals surface area (Å²) in [6, 6.07) is 18.0. The summed E-state index contributed by atoms with van der Waals surface area (Å²) in [5, 5.41) is 3.99. The lowest BCUT2D eigenvalue weighted by atomic mass is 10.2. The van der Waals surface area contributed by atoms with Gasteiger partial charge in [-0.25, -0.2) is 5.43 Å². The smallest absolute Gasteiger partial charge is 0.240 e. The van der Waals surface area contributed by atoms with E-state index in [-0.39, 0.29) is 5.91 Å². The highest BCUT2D eigenvalue weighted by Gasteiger charge is 2.00. The van der Waals surface area contributed by atoms with Gasteiger partial charge in [-0.15, -0.1) is 11.8 Å². The normalized spacial score (nSPS) is 10.7. The fraction of sp³-hybridized carbons (Fsp3) is 0.222. The highest BCUT2D eigenvalue weighted by molar-refractivity contribution is 7.99. The van der Waals surface area contributed by atoms with E-state index in [0.717, 1.165) is 17.0 Å². The van der Waals surface area contributed by atoms with Crippen LogP contribution in [0.3, 0.4) is 0 Å². The molecule has 0 aromatic heterocycles. The Morgan fingerprint density at radius 2 is 1.83 bits per heavy atom. The Bertz CT molecular complexity index is 639. The second kappa shape index (κ2) is 9.00. The molecule has 0 saturated heterocycles. The number of nitrogens with one attached hydrogen (secondary N) is 1. The van der Waals surface area contributed by atoms with Crippen molar-refractivity contribution in [3.05, 3.63) is 60.2 Å². The van der Waals surface area contributed by atoms with Gasteiger partial charge >= 0.3 is 0 Å². The zero-order chi connectivity index (χ0) is 16.5. The van der Waals surface area contributed by atoms with Gasteiger partial charge in [0.15, 0.2) is 0 Å². The van der Waals surface area contributed by atoms with E-state index in [2.05, 4.69) is 10.5 Å². The molecule has 0 spiro atoms. The molecule has 0 aliphatic rings. The standard InChI is InChI=1S/C18H21N3OS/c1-21(2)16-10-8-15(9-11-16)14-19-20-18(22)12-13-23-17-6-4-3-5-7-17/h3-11,14H,12-13H2,1-2H3,(H,20,22)/b19-14-. The van der Waals surface area contributed by atoms with Gasteiger partial charge in [0, 0.05) is 36.9 Å². The Hall–Kier alpha value is -2.27. The average molecular weight is 327 g/mol. The van der Waals surface area contributed by atoms with Gasteiger partial charge in [-0.2, -0.15) is 5.10 Å². The van der Waals surface area contributed by atoms with Crippen LogP contribution >= 0.6 is 11.8 Å². The van der Waals surface area contributed by atoms with Crippen LogP contribution < -0.4 is 10.3 Å². The Balaban J connectivity index is 1.71. The number of thioether (sulfide) groups is 1. The topological polar surface area (TPSA) is 44.7 Å². The monoisotopic (exact) mass is 327 g/mol. The molecule has 0 saturated carbocycles. The van der Waals surface area contributed by atoms with E-state index in [1.807, 2.05) is 73.6 Å². The van der Waals surface area contributed by atoms with Gasteiger partial charge < -0.3 is 4.90 Å². The van der Waals surface area contributed by atoms with E-state index in [1.165, 1.54) is 4.90 Å². The molecule has 0 fully saturated rings. The van der Waals surface area contributed by atoms with Gasteiger partial charge in [0.05, 0.1) is 6.21 Å². The third-order valence-corrected chi connectivity index (χ3v) is 4.17. The lowest BCUT2D eigenvalue weighted by Crippen LogP contribution is -2.17. The molecular weight excluding hydrogens is 306 g/mol. The van der Waals surface area contributed by atoms with Crippen molar-refractivity contribution in [3.63, 3.8) is 0 Å². The number of hydrogen-bond donors (Lipinski definition) is 1. The molecule has 0 aliphatic heterocycles. The number of rotatable bonds is 7. The number of carbonyl (C=O) groups excluding carboxylic acids is 1. The van der Waals surface area contributed by atoms with Crippen LogP contribution in [-0.2, 0) is 4.79 Å². The van der Waals surface area contributed by atoms with Crippen LogP contribution in [0.5, 0.6) is 0 Å². The molecule has 5 heteroatoms. The number of amides is 1. The average Bonchev–Trinajstić information content (AvgIpc) is 2.56. The zero-order valence-corrected chi connectivity index (χ0v) is 14.2. The lowest BCUT2D eigenvalue weighted by Gasteiger charge is -2.11. The lowest BCUT2D eigenvalue weighted by molar-refractivity contribution is -0.120. The number of hydrogen-bond acceptors (Lipinski definition) is 4. The van der Waals surface area contributed by atoms with E-state index in [0.29, 0.717) is 6.42 Å². The molecule has 0 bridgehead atoms. The zero-order valence-electron chi connectivity index (χ0n) is 13.4. The van der Waals surface area contributed by atoms with Gasteiger partial charge in [-0.3, -0.25) is 4.79 Å². The predicted octanol–water partition coefficient (Wildman–Crippen LogP) is 3.39. The summed E-state index contributed by atoms with van der Waals surface area (Å²) in [7, 11) is 3.99. The van der Waals surface area contributed by atoms with E-state index in [4.69, 9.17) is 0 Å². The molecule has 0 heterocycles. The molecule has 1 N–H and O–H groups in total. The van der Waals surface area contributed by atoms with Crippen molar-refractivity contribution in [1.82, 2.24) is 5.43 Å². The van der Waals surface area contributed by atoms with Crippen LogP contribution in [0.2, 0.25) is 0 Å². The van der Waals surface area contributed by atoms with Gasteiger partial charge in [-0.05, 0) is 29.8 Å². The molecule has 0 atom stereocenters. The number of hydrazone groups is 1. The minimum Gasteiger partial charge on any atom is -0.378 e. The minimum atomic E-state index is -0.0745. The van der Waals surface area contributed by atoms with Crippen molar-refractivity contribution >= 4 is 29.6 Å². The molecule has 2 rings (SSSR count). The van der Waals surface area contributed by atoms with E-state index in [1.54, 1.807) is 18.0 Å². The summed E-state index contributed by atoms with van der Waals surface area (Å²) in [4.78, 5) is 14.9. The highest BCUT2D eigenvalue weighted by Crippen LogP contribution is 2.17. The largest absolute Gasteiger partial charge is 0.378 e. The number of benzene rings is 2. The Kier molecular flexibility index (Phi) is 6.69. The van der Waals surface area contributed by atoms with Crippen LogP contribution in [0.1, 0.15) is 12.0 Å². The molecule has 120 valence electrons.